The fourth-order valence-corrected chi connectivity index (χ4v) is 1.31. The average molecular weight is 210 g/mol. The number of ether oxygens (including phenoxy) is 2. The molecule has 84 valence electrons. The molecule has 3 N–H and O–H groups in total. The molecular weight excluding hydrogens is 195 g/mol. The molecule has 14 heavy (non-hydrogen) atoms. The molecule has 0 aliphatic carbocycles. The number of aliphatic hydroxyl groups is 3. The first kappa shape index (κ1) is 11.8. The van der Waals surface area contributed by atoms with Crippen molar-refractivity contribution >= 4 is 0 Å². The third kappa shape index (κ3) is 2.40. The molecule has 0 spiro atoms. The van der Waals surface area contributed by atoms with E-state index in [0.29, 0.717) is 0 Å². The van der Waals surface area contributed by atoms with Crippen LogP contribution in [0.5, 0.6) is 0 Å². The van der Waals surface area contributed by atoms with Gasteiger partial charge in [-0.1, -0.05) is 0 Å². The molecule has 0 amide bonds. The Balaban J connectivity index is 2.52. The van der Waals surface area contributed by atoms with Crippen molar-refractivity contribution < 1.29 is 29.2 Å². The Hall–Kier alpha value is -0.270. The summed E-state index contributed by atoms with van der Waals surface area (Å²) in [5.74, 6) is 0. The predicted molar refractivity (Wildman–Crippen MR) is 44.3 cm³/mol. The molecule has 1 fully saturated rings. The van der Waals surface area contributed by atoms with Crippen molar-refractivity contribution in [2.24, 2.45) is 0 Å². The van der Waals surface area contributed by atoms with E-state index < -0.39 is 37.4 Å². The number of alkyl halides is 1. The molecular formula is C8H15FO5. The van der Waals surface area contributed by atoms with E-state index >= 15 is 0 Å². The zero-order chi connectivity index (χ0) is 10.7. The van der Waals surface area contributed by atoms with Crippen molar-refractivity contribution in [2.45, 2.75) is 37.6 Å². The highest BCUT2D eigenvalue weighted by atomic mass is 19.1. The Labute approximate surface area is 81.1 Å². The summed E-state index contributed by atoms with van der Waals surface area (Å²) in [4.78, 5) is 0. The van der Waals surface area contributed by atoms with Gasteiger partial charge in [-0.2, -0.15) is 0 Å². The van der Waals surface area contributed by atoms with Crippen LogP contribution in [0.3, 0.4) is 0 Å². The Bertz CT molecular complexity index is 179. The van der Waals surface area contributed by atoms with Crippen LogP contribution in [-0.4, -0.2) is 59.3 Å². The lowest BCUT2D eigenvalue weighted by Gasteiger charge is -2.38. The highest BCUT2D eigenvalue weighted by Gasteiger charge is 2.42. The summed E-state index contributed by atoms with van der Waals surface area (Å²) < 4.78 is 21.6. The quantitative estimate of drug-likeness (QED) is 0.545. The van der Waals surface area contributed by atoms with E-state index in [2.05, 4.69) is 0 Å². The molecule has 5 atom stereocenters. The van der Waals surface area contributed by atoms with Gasteiger partial charge in [0.1, 0.15) is 25.0 Å². The van der Waals surface area contributed by atoms with Crippen molar-refractivity contribution in [3.8, 4) is 0 Å². The van der Waals surface area contributed by atoms with Crippen molar-refractivity contribution in [1.29, 1.82) is 0 Å². The lowest BCUT2D eigenvalue weighted by molar-refractivity contribution is -0.293. The standard InChI is InChI=1S/C8H15FO5/c1-4-5(10)6(11)7(12)8(14-4)13-3-2-9/h4-8,10-12H,2-3H2,1H3/t4?,5-,6+,7?,8-/m1/s1. The molecule has 1 rings (SSSR count). The largest absolute Gasteiger partial charge is 0.388 e. The van der Waals surface area contributed by atoms with Crippen LogP contribution in [0.15, 0.2) is 0 Å². The van der Waals surface area contributed by atoms with Gasteiger partial charge in [0, 0.05) is 0 Å². The molecule has 1 aliphatic heterocycles. The lowest BCUT2D eigenvalue weighted by atomic mass is 10.0. The van der Waals surface area contributed by atoms with Crippen LogP contribution in [0.2, 0.25) is 0 Å². The van der Waals surface area contributed by atoms with Crippen molar-refractivity contribution in [2.75, 3.05) is 13.3 Å². The van der Waals surface area contributed by atoms with E-state index in [0.717, 1.165) is 0 Å². The zero-order valence-corrected chi connectivity index (χ0v) is 7.84. The smallest absolute Gasteiger partial charge is 0.186 e. The van der Waals surface area contributed by atoms with E-state index in [1.54, 1.807) is 0 Å². The first-order chi connectivity index (χ1) is 6.57. The van der Waals surface area contributed by atoms with Crippen molar-refractivity contribution in [1.82, 2.24) is 0 Å². The molecule has 0 aromatic carbocycles. The summed E-state index contributed by atoms with van der Waals surface area (Å²) in [6.07, 6.45) is -5.58. The van der Waals surface area contributed by atoms with E-state index in [9.17, 15) is 19.7 Å². The second kappa shape index (κ2) is 4.99. The van der Waals surface area contributed by atoms with Crippen molar-refractivity contribution in [3.05, 3.63) is 0 Å². The van der Waals surface area contributed by atoms with Gasteiger partial charge in [0.05, 0.1) is 12.7 Å². The van der Waals surface area contributed by atoms with Crippen molar-refractivity contribution in [3.63, 3.8) is 0 Å². The minimum atomic E-state index is -1.35. The monoisotopic (exact) mass is 210 g/mol. The van der Waals surface area contributed by atoms with Gasteiger partial charge in [0.15, 0.2) is 6.29 Å². The number of rotatable bonds is 3. The molecule has 0 radical (unpaired) electrons. The summed E-state index contributed by atoms with van der Waals surface area (Å²) in [7, 11) is 0. The Morgan fingerprint density at radius 3 is 2.43 bits per heavy atom. The van der Waals surface area contributed by atoms with E-state index in [1.165, 1.54) is 6.92 Å². The molecule has 0 aromatic heterocycles. The Morgan fingerprint density at radius 1 is 1.21 bits per heavy atom. The van der Waals surface area contributed by atoms with E-state index in [-0.39, 0.29) is 6.61 Å². The Kier molecular flexibility index (Phi) is 4.21. The van der Waals surface area contributed by atoms with Crippen LogP contribution in [-0.2, 0) is 9.47 Å². The lowest BCUT2D eigenvalue weighted by Crippen LogP contribution is -2.57. The average Bonchev–Trinajstić information content (AvgIpc) is 2.18. The molecule has 1 aliphatic rings. The fourth-order valence-electron chi connectivity index (χ4n) is 1.31. The maximum Gasteiger partial charge on any atom is 0.186 e. The van der Waals surface area contributed by atoms with Crippen LogP contribution in [0, 0.1) is 0 Å². The van der Waals surface area contributed by atoms with Gasteiger partial charge in [-0.3, -0.25) is 0 Å². The highest BCUT2D eigenvalue weighted by molar-refractivity contribution is 4.86. The summed E-state index contributed by atoms with van der Waals surface area (Å²) >= 11 is 0. The minimum absolute atomic E-state index is 0.211. The zero-order valence-electron chi connectivity index (χ0n) is 7.84. The molecule has 1 heterocycles. The first-order valence-corrected chi connectivity index (χ1v) is 4.45. The maximum absolute atomic E-state index is 11.8. The van der Waals surface area contributed by atoms with Crippen LogP contribution in [0.1, 0.15) is 6.92 Å². The minimum Gasteiger partial charge on any atom is -0.388 e. The normalized spacial score (nSPS) is 43.9. The molecule has 0 saturated carbocycles. The number of aliphatic hydroxyl groups excluding tert-OH is 3. The molecule has 6 heteroatoms. The SMILES string of the molecule is CC1O[C@@H](OCCF)C(O)[C@@H](O)[C@@H]1O. The van der Waals surface area contributed by atoms with Gasteiger partial charge in [-0.05, 0) is 6.92 Å². The summed E-state index contributed by atoms with van der Waals surface area (Å²) in [6, 6.07) is 0. The predicted octanol–water partition coefficient (Wildman–Crippen LogP) is -1.20. The summed E-state index contributed by atoms with van der Waals surface area (Å²) in [6.45, 7) is 0.627. The molecule has 5 nitrogen and oxygen atoms in total. The van der Waals surface area contributed by atoms with Crippen LogP contribution >= 0.6 is 0 Å². The van der Waals surface area contributed by atoms with Crippen LogP contribution in [0.25, 0.3) is 0 Å². The second-order valence-electron chi connectivity index (χ2n) is 3.24. The van der Waals surface area contributed by atoms with Gasteiger partial charge in [0.25, 0.3) is 0 Å². The van der Waals surface area contributed by atoms with Gasteiger partial charge in [0.2, 0.25) is 0 Å². The first-order valence-electron chi connectivity index (χ1n) is 4.45. The number of hydrogen-bond donors (Lipinski definition) is 3. The highest BCUT2D eigenvalue weighted by Crippen LogP contribution is 2.21. The van der Waals surface area contributed by atoms with Crippen LogP contribution < -0.4 is 0 Å². The molecule has 0 bridgehead atoms. The molecule has 0 aromatic rings. The molecule has 2 unspecified atom stereocenters. The number of hydrogen-bond acceptors (Lipinski definition) is 5. The fraction of sp³-hybridized carbons (Fsp3) is 1.00. The van der Waals surface area contributed by atoms with Gasteiger partial charge in [-0.15, -0.1) is 0 Å². The van der Waals surface area contributed by atoms with Gasteiger partial charge >= 0.3 is 0 Å². The summed E-state index contributed by atoms with van der Waals surface area (Å²) in [5, 5.41) is 28.0. The summed E-state index contributed by atoms with van der Waals surface area (Å²) in [5.41, 5.74) is 0. The van der Waals surface area contributed by atoms with Gasteiger partial charge in [-0.25, -0.2) is 4.39 Å². The van der Waals surface area contributed by atoms with Gasteiger partial charge < -0.3 is 24.8 Å². The third-order valence-electron chi connectivity index (χ3n) is 2.17. The second-order valence-corrected chi connectivity index (χ2v) is 3.24. The van der Waals surface area contributed by atoms with E-state index in [1.807, 2.05) is 0 Å². The van der Waals surface area contributed by atoms with Crippen LogP contribution in [0.4, 0.5) is 4.39 Å². The topological polar surface area (TPSA) is 79.2 Å². The van der Waals surface area contributed by atoms with E-state index in [4.69, 9.17) is 9.47 Å². The Morgan fingerprint density at radius 2 is 1.86 bits per heavy atom. The number of halogens is 1. The molecule has 1 saturated heterocycles. The third-order valence-corrected chi connectivity index (χ3v) is 2.17. The maximum atomic E-state index is 11.8.